The summed E-state index contributed by atoms with van der Waals surface area (Å²) in [6.45, 7) is 2.42. The lowest BCUT2D eigenvalue weighted by atomic mass is 10.1. The first kappa shape index (κ1) is 16.3. The van der Waals surface area contributed by atoms with Gasteiger partial charge in [0.25, 0.3) is 5.91 Å². The smallest absolute Gasteiger partial charge is 0.419 e. The first-order valence-corrected chi connectivity index (χ1v) is 6.12. The van der Waals surface area contributed by atoms with Gasteiger partial charge in [-0.25, -0.2) is 0 Å². The minimum Gasteiger partial charge on any atom is -0.483 e. The number of nitrogens with one attached hydrogen (secondary N) is 2. The second kappa shape index (κ2) is 7.14. The van der Waals surface area contributed by atoms with E-state index in [1.54, 1.807) is 0 Å². The molecule has 4 nitrogen and oxygen atoms in total. The number of hydrogen-bond acceptors (Lipinski definition) is 3. The van der Waals surface area contributed by atoms with Crippen molar-refractivity contribution in [3.63, 3.8) is 0 Å². The van der Waals surface area contributed by atoms with Gasteiger partial charge in [0.1, 0.15) is 5.75 Å². The van der Waals surface area contributed by atoms with Crippen molar-refractivity contribution in [2.45, 2.75) is 19.6 Å². The van der Waals surface area contributed by atoms with Crippen LogP contribution >= 0.6 is 0 Å². The van der Waals surface area contributed by atoms with Crippen LogP contribution < -0.4 is 15.4 Å². The van der Waals surface area contributed by atoms with E-state index in [2.05, 4.69) is 10.6 Å². The molecular weight excluding hydrogens is 273 g/mol. The van der Waals surface area contributed by atoms with Gasteiger partial charge in [-0.15, -0.1) is 0 Å². The quantitative estimate of drug-likeness (QED) is 0.842. The van der Waals surface area contributed by atoms with Crippen molar-refractivity contribution >= 4 is 5.91 Å². The Morgan fingerprint density at radius 1 is 1.35 bits per heavy atom. The number of rotatable bonds is 6. The molecule has 0 bridgehead atoms. The number of halogens is 3. The molecule has 0 spiro atoms. The molecule has 0 heterocycles. The maximum atomic E-state index is 13.0. The highest BCUT2D eigenvalue weighted by Crippen LogP contribution is 2.36. The minimum absolute atomic E-state index is 0.343. The molecule has 0 fully saturated rings. The van der Waals surface area contributed by atoms with Gasteiger partial charge in [-0.1, -0.05) is 13.0 Å². The molecule has 0 saturated carbocycles. The van der Waals surface area contributed by atoms with Crippen LogP contribution in [0.4, 0.5) is 13.2 Å². The van der Waals surface area contributed by atoms with Crippen molar-refractivity contribution < 1.29 is 22.7 Å². The topological polar surface area (TPSA) is 50.4 Å². The molecule has 0 aliphatic rings. The molecule has 1 aromatic carbocycles. The van der Waals surface area contributed by atoms with Gasteiger partial charge in [0.15, 0.2) is 6.61 Å². The van der Waals surface area contributed by atoms with Crippen LogP contribution in [0, 0.1) is 0 Å². The van der Waals surface area contributed by atoms with Crippen molar-refractivity contribution in [1.29, 1.82) is 0 Å². The van der Waals surface area contributed by atoms with E-state index in [4.69, 9.17) is 4.74 Å². The second-order valence-corrected chi connectivity index (χ2v) is 4.07. The lowest BCUT2D eigenvalue weighted by Crippen LogP contribution is -2.25. The van der Waals surface area contributed by atoms with E-state index in [-0.39, 0.29) is 5.75 Å². The Bertz CT molecular complexity index is 461. The Kier molecular flexibility index (Phi) is 5.82. The minimum atomic E-state index is -4.53. The van der Waals surface area contributed by atoms with E-state index >= 15 is 0 Å². The molecule has 20 heavy (non-hydrogen) atoms. The van der Waals surface area contributed by atoms with Crippen molar-refractivity contribution in [2.24, 2.45) is 0 Å². The van der Waals surface area contributed by atoms with Crippen LogP contribution in [0.5, 0.6) is 5.75 Å². The number of ether oxygens (including phenoxy) is 1. The van der Waals surface area contributed by atoms with Crippen molar-refractivity contribution in [3.05, 3.63) is 29.3 Å². The second-order valence-electron chi connectivity index (χ2n) is 4.07. The first-order valence-electron chi connectivity index (χ1n) is 6.12. The molecule has 1 rings (SSSR count). The lowest BCUT2D eigenvalue weighted by molar-refractivity contribution is -0.139. The summed E-state index contributed by atoms with van der Waals surface area (Å²) in [6, 6.07) is 3.80. The normalized spacial score (nSPS) is 11.2. The zero-order valence-corrected chi connectivity index (χ0v) is 11.3. The predicted molar refractivity (Wildman–Crippen MR) is 68.4 cm³/mol. The van der Waals surface area contributed by atoms with E-state index in [1.807, 2.05) is 6.92 Å². The van der Waals surface area contributed by atoms with E-state index < -0.39 is 24.3 Å². The van der Waals surface area contributed by atoms with Gasteiger partial charge in [0.05, 0.1) is 5.56 Å². The third kappa shape index (κ3) is 4.73. The summed E-state index contributed by atoms with van der Waals surface area (Å²) >= 11 is 0. The number of carbonyl (C=O) groups excluding carboxylic acids is 1. The summed E-state index contributed by atoms with van der Waals surface area (Å²) in [4.78, 5) is 11.0. The Balaban J connectivity index is 2.95. The van der Waals surface area contributed by atoms with Crippen LogP contribution in [0.1, 0.15) is 18.1 Å². The number of alkyl halides is 3. The summed E-state index contributed by atoms with van der Waals surface area (Å²) in [5.41, 5.74) is -0.372. The molecule has 0 saturated heterocycles. The van der Waals surface area contributed by atoms with Gasteiger partial charge in [0, 0.05) is 13.6 Å². The highest BCUT2D eigenvalue weighted by molar-refractivity contribution is 5.77. The van der Waals surface area contributed by atoms with Crippen LogP contribution in [0.25, 0.3) is 0 Å². The van der Waals surface area contributed by atoms with E-state index in [0.29, 0.717) is 18.7 Å². The Labute approximate surface area is 115 Å². The maximum absolute atomic E-state index is 13.0. The average Bonchev–Trinajstić information content (AvgIpc) is 2.41. The van der Waals surface area contributed by atoms with E-state index in [0.717, 1.165) is 6.07 Å². The zero-order chi connectivity index (χ0) is 15.2. The van der Waals surface area contributed by atoms with Gasteiger partial charge in [-0.3, -0.25) is 4.79 Å². The number of carbonyl (C=O) groups is 1. The summed E-state index contributed by atoms with van der Waals surface area (Å²) in [5.74, 6) is -0.837. The van der Waals surface area contributed by atoms with E-state index in [1.165, 1.54) is 19.2 Å². The fraction of sp³-hybridized carbons (Fsp3) is 0.462. The summed E-state index contributed by atoms with van der Waals surface area (Å²) in [5, 5.41) is 5.23. The molecule has 2 N–H and O–H groups in total. The number of likely N-dealkylation sites (N-methyl/N-ethyl adjacent to an activating group) is 1. The molecule has 0 aliphatic carbocycles. The molecule has 0 aromatic heterocycles. The van der Waals surface area contributed by atoms with Gasteiger partial charge in [-0.05, 0) is 24.2 Å². The van der Waals surface area contributed by atoms with Gasteiger partial charge in [-0.2, -0.15) is 13.2 Å². The summed E-state index contributed by atoms with van der Waals surface area (Å²) in [6.07, 6.45) is -4.53. The Morgan fingerprint density at radius 3 is 2.60 bits per heavy atom. The molecule has 0 unspecified atom stereocenters. The summed E-state index contributed by atoms with van der Waals surface area (Å²) < 4.78 is 43.8. The van der Waals surface area contributed by atoms with Gasteiger partial charge in [0.2, 0.25) is 0 Å². The molecule has 0 atom stereocenters. The molecular formula is C13H17F3N2O2. The fourth-order valence-corrected chi connectivity index (χ4v) is 1.52. The first-order chi connectivity index (χ1) is 9.38. The molecule has 0 aliphatic heterocycles. The third-order valence-electron chi connectivity index (χ3n) is 2.57. The predicted octanol–water partition coefficient (Wildman–Crippen LogP) is 1.94. The molecule has 1 aromatic rings. The lowest BCUT2D eigenvalue weighted by Gasteiger charge is -2.15. The van der Waals surface area contributed by atoms with E-state index in [9.17, 15) is 18.0 Å². The van der Waals surface area contributed by atoms with Gasteiger partial charge < -0.3 is 15.4 Å². The molecule has 7 heteroatoms. The Morgan fingerprint density at radius 2 is 2.05 bits per heavy atom. The highest BCUT2D eigenvalue weighted by Gasteiger charge is 2.34. The van der Waals surface area contributed by atoms with Crippen LogP contribution in [-0.4, -0.2) is 26.1 Å². The van der Waals surface area contributed by atoms with Gasteiger partial charge >= 0.3 is 6.18 Å². The largest absolute Gasteiger partial charge is 0.483 e. The molecule has 112 valence electrons. The monoisotopic (exact) mass is 290 g/mol. The molecule has 1 amide bonds. The SMILES string of the molecule is CCNCc1ccc(OCC(=O)NC)c(C(F)(F)F)c1. The zero-order valence-electron chi connectivity index (χ0n) is 11.3. The fourth-order valence-electron chi connectivity index (χ4n) is 1.52. The standard InChI is InChI=1S/C13H17F3N2O2/c1-3-18-7-9-4-5-11(20-8-12(19)17-2)10(6-9)13(14,15)16/h4-6,18H,3,7-8H2,1-2H3,(H,17,19). The van der Waals surface area contributed by atoms with Crippen LogP contribution in [0.15, 0.2) is 18.2 Å². The number of amides is 1. The number of benzene rings is 1. The van der Waals surface area contributed by atoms with Crippen molar-refractivity contribution in [1.82, 2.24) is 10.6 Å². The maximum Gasteiger partial charge on any atom is 0.419 e. The highest BCUT2D eigenvalue weighted by atomic mass is 19.4. The molecule has 0 radical (unpaired) electrons. The van der Waals surface area contributed by atoms with Crippen molar-refractivity contribution in [2.75, 3.05) is 20.2 Å². The Hall–Kier alpha value is -1.76. The summed E-state index contributed by atoms with van der Waals surface area (Å²) in [7, 11) is 1.38. The van der Waals surface area contributed by atoms with Crippen LogP contribution in [0.2, 0.25) is 0 Å². The average molecular weight is 290 g/mol. The van der Waals surface area contributed by atoms with Crippen LogP contribution in [0.3, 0.4) is 0 Å². The van der Waals surface area contributed by atoms with Crippen LogP contribution in [-0.2, 0) is 17.5 Å². The number of hydrogen-bond donors (Lipinski definition) is 2. The van der Waals surface area contributed by atoms with Crippen molar-refractivity contribution in [3.8, 4) is 5.75 Å². The third-order valence-corrected chi connectivity index (χ3v) is 2.57.